The summed E-state index contributed by atoms with van der Waals surface area (Å²) in [7, 11) is 0. The maximum Gasteiger partial charge on any atom is 0.259 e. The minimum absolute atomic E-state index is 0.257. The molecule has 0 spiro atoms. The van der Waals surface area contributed by atoms with E-state index in [2.05, 4.69) is 20.8 Å². The van der Waals surface area contributed by atoms with Gasteiger partial charge in [0, 0.05) is 5.56 Å². The van der Waals surface area contributed by atoms with E-state index in [1.807, 2.05) is 26.0 Å². The first kappa shape index (κ1) is 17.8. The Morgan fingerprint density at radius 1 is 0.923 bits per heavy atom. The number of amides is 2. The second-order valence-corrected chi connectivity index (χ2v) is 6.69. The van der Waals surface area contributed by atoms with Crippen LogP contribution in [0.5, 0.6) is 0 Å². The molecule has 1 aromatic heterocycles. The number of rotatable bonds is 5. The molecule has 1 heterocycles. The van der Waals surface area contributed by atoms with Crippen LogP contribution < -0.4 is 10.6 Å². The first-order chi connectivity index (χ1) is 12.6. The molecule has 0 bridgehead atoms. The van der Waals surface area contributed by atoms with Gasteiger partial charge < -0.3 is 5.32 Å². The Balaban J connectivity index is 1.80. The molecule has 0 saturated heterocycles. The molecule has 0 atom stereocenters. The third-order valence-corrected chi connectivity index (χ3v) is 4.78. The number of nitrogens with one attached hydrogen (secondary N) is 2. The number of hydrogen-bond donors (Lipinski definition) is 2. The quantitative estimate of drug-likeness (QED) is 0.717. The molecule has 0 saturated carbocycles. The molecular weight excluding hydrogens is 348 g/mol. The van der Waals surface area contributed by atoms with Crippen molar-refractivity contribution in [1.29, 1.82) is 0 Å². The minimum atomic E-state index is -0.343. The van der Waals surface area contributed by atoms with Gasteiger partial charge >= 0.3 is 0 Å². The standard InChI is InChI=1S/C19H18N4O2S/c1-3-16-22-23-19(26-16)21-18(25)14-10-6-7-11-15(14)20-17(24)13-9-5-4-8-12(13)2/h4-11H,3H2,1-2H3,(H,20,24)(H,21,23,25). The monoisotopic (exact) mass is 366 g/mol. The van der Waals surface area contributed by atoms with E-state index in [1.54, 1.807) is 36.4 Å². The van der Waals surface area contributed by atoms with Gasteiger partial charge in [0.15, 0.2) is 0 Å². The summed E-state index contributed by atoms with van der Waals surface area (Å²) in [5.41, 5.74) is 2.24. The number of para-hydroxylation sites is 1. The van der Waals surface area contributed by atoms with Crippen molar-refractivity contribution in [3.63, 3.8) is 0 Å². The molecule has 7 heteroatoms. The zero-order valence-corrected chi connectivity index (χ0v) is 15.3. The number of nitrogens with zero attached hydrogens (tertiary/aromatic N) is 2. The van der Waals surface area contributed by atoms with E-state index in [4.69, 9.17) is 0 Å². The van der Waals surface area contributed by atoms with Crippen molar-refractivity contribution < 1.29 is 9.59 Å². The molecule has 3 rings (SSSR count). The van der Waals surface area contributed by atoms with Crippen LogP contribution in [0.15, 0.2) is 48.5 Å². The molecule has 0 radical (unpaired) electrons. The average molecular weight is 366 g/mol. The molecule has 2 aromatic carbocycles. The van der Waals surface area contributed by atoms with Crippen LogP contribution in [-0.2, 0) is 6.42 Å². The molecule has 3 aromatic rings. The van der Waals surface area contributed by atoms with E-state index >= 15 is 0 Å². The fraction of sp³-hybridized carbons (Fsp3) is 0.158. The van der Waals surface area contributed by atoms with Crippen molar-refractivity contribution in [2.45, 2.75) is 20.3 Å². The Morgan fingerprint density at radius 2 is 1.58 bits per heavy atom. The zero-order chi connectivity index (χ0) is 18.5. The lowest BCUT2D eigenvalue weighted by Gasteiger charge is -2.11. The van der Waals surface area contributed by atoms with Crippen LogP contribution in [0.1, 0.15) is 38.2 Å². The van der Waals surface area contributed by atoms with Gasteiger partial charge in [-0.2, -0.15) is 0 Å². The lowest BCUT2D eigenvalue weighted by molar-refractivity contribution is 0.102. The Labute approximate surface area is 155 Å². The van der Waals surface area contributed by atoms with Crippen LogP contribution in [0.25, 0.3) is 0 Å². The summed E-state index contributed by atoms with van der Waals surface area (Å²) in [6, 6.07) is 14.2. The highest BCUT2D eigenvalue weighted by atomic mass is 32.1. The van der Waals surface area contributed by atoms with Gasteiger partial charge in [-0.25, -0.2) is 0 Å². The van der Waals surface area contributed by atoms with Gasteiger partial charge in [-0.3, -0.25) is 14.9 Å². The van der Waals surface area contributed by atoms with Gasteiger partial charge in [0.1, 0.15) is 5.01 Å². The van der Waals surface area contributed by atoms with E-state index in [9.17, 15) is 9.59 Å². The molecule has 132 valence electrons. The van der Waals surface area contributed by atoms with Gasteiger partial charge in [-0.15, -0.1) is 10.2 Å². The second-order valence-electron chi connectivity index (χ2n) is 5.62. The third kappa shape index (κ3) is 3.94. The molecule has 0 fully saturated rings. The van der Waals surface area contributed by atoms with Crippen molar-refractivity contribution in [1.82, 2.24) is 10.2 Å². The summed E-state index contributed by atoms with van der Waals surface area (Å²) < 4.78 is 0. The highest BCUT2D eigenvalue weighted by Gasteiger charge is 2.16. The molecular formula is C19H18N4O2S. The summed E-state index contributed by atoms with van der Waals surface area (Å²) in [5.74, 6) is -0.600. The molecule has 0 aliphatic carbocycles. The van der Waals surface area contributed by atoms with Gasteiger partial charge in [-0.1, -0.05) is 48.6 Å². The second kappa shape index (κ2) is 7.88. The zero-order valence-electron chi connectivity index (χ0n) is 14.4. The number of aryl methyl sites for hydroxylation is 2. The number of carbonyl (C=O) groups excluding carboxylic acids is 2. The number of aromatic nitrogens is 2. The fourth-order valence-electron chi connectivity index (χ4n) is 2.42. The predicted molar refractivity (Wildman–Crippen MR) is 103 cm³/mol. The number of hydrogen-bond acceptors (Lipinski definition) is 5. The number of anilines is 2. The fourth-order valence-corrected chi connectivity index (χ4v) is 3.09. The van der Waals surface area contributed by atoms with Crippen molar-refractivity contribution in [2.75, 3.05) is 10.6 Å². The first-order valence-corrected chi connectivity index (χ1v) is 9.00. The van der Waals surface area contributed by atoms with Crippen molar-refractivity contribution in [3.05, 3.63) is 70.2 Å². The Kier molecular flexibility index (Phi) is 5.38. The van der Waals surface area contributed by atoms with Gasteiger partial charge in [-0.05, 0) is 37.1 Å². The Hall–Kier alpha value is -3.06. The van der Waals surface area contributed by atoms with Crippen LogP contribution in [-0.4, -0.2) is 22.0 Å². The Bertz CT molecular complexity index is 952. The molecule has 26 heavy (non-hydrogen) atoms. The normalized spacial score (nSPS) is 10.4. The molecule has 2 amide bonds. The van der Waals surface area contributed by atoms with Gasteiger partial charge in [0.05, 0.1) is 11.3 Å². The smallest absolute Gasteiger partial charge is 0.259 e. The Morgan fingerprint density at radius 3 is 2.27 bits per heavy atom. The van der Waals surface area contributed by atoms with Crippen LogP contribution in [0.4, 0.5) is 10.8 Å². The first-order valence-electron chi connectivity index (χ1n) is 8.18. The maximum atomic E-state index is 12.6. The van der Waals surface area contributed by atoms with E-state index in [0.29, 0.717) is 21.9 Å². The van der Waals surface area contributed by atoms with Gasteiger partial charge in [0.2, 0.25) is 5.13 Å². The summed E-state index contributed by atoms with van der Waals surface area (Å²) in [6.45, 7) is 3.84. The van der Waals surface area contributed by atoms with Gasteiger partial charge in [0.25, 0.3) is 11.8 Å². The molecule has 0 unspecified atom stereocenters. The summed E-state index contributed by atoms with van der Waals surface area (Å²) in [4.78, 5) is 25.1. The SMILES string of the molecule is CCc1nnc(NC(=O)c2ccccc2NC(=O)c2ccccc2C)s1. The van der Waals surface area contributed by atoms with Crippen LogP contribution in [0, 0.1) is 6.92 Å². The van der Waals surface area contributed by atoms with Crippen LogP contribution in [0.3, 0.4) is 0 Å². The predicted octanol–water partition coefficient (Wildman–Crippen LogP) is 3.91. The van der Waals surface area contributed by atoms with Crippen LogP contribution in [0.2, 0.25) is 0 Å². The number of benzene rings is 2. The highest BCUT2D eigenvalue weighted by Crippen LogP contribution is 2.21. The topological polar surface area (TPSA) is 84.0 Å². The lowest BCUT2D eigenvalue weighted by Crippen LogP contribution is -2.18. The lowest BCUT2D eigenvalue weighted by atomic mass is 10.1. The van der Waals surface area contributed by atoms with Crippen molar-refractivity contribution in [2.24, 2.45) is 0 Å². The van der Waals surface area contributed by atoms with E-state index in [1.165, 1.54) is 11.3 Å². The maximum absolute atomic E-state index is 12.6. The molecule has 2 N–H and O–H groups in total. The van der Waals surface area contributed by atoms with Crippen molar-refractivity contribution in [3.8, 4) is 0 Å². The molecule has 0 aliphatic rings. The van der Waals surface area contributed by atoms with E-state index < -0.39 is 0 Å². The van der Waals surface area contributed by atoms with E-state index in [-0.39, 0.29) is 11.8 Å². The average Bonchev–Trinajstić information content (AvgIpc) is 3.10. The third-order valence-electron chi connectivity index (χ3n) is 3.80. The summed E-state index contributed by atoms with van der Waals surface area (Å²) in [5, 5.41) is 14.8. The van der Waals surface area contributed by atoms with Crippen LogP contribution >= 0.6 is 11.3 Å². The number of carbonyl (C=O) groups is 2. The largest absolute Gasteiger partial charge is 0.321 e. The van der Waals surface area contributed by atoms with Crippen molar-refractivity contribution >= 4 is 34.0 Å². The highest BCUT2D eigenvalue weighted by molar-refractivity contribution is 7.15. The van der Waals surface area contributed by atoms with E-state index in [0.717, 1.165) is 17.0 Å². The molecule has 0 aliphatic heterocycles. The summed E-state index contributed by atoms with van der Waals surface area (Å²) in [6.07, 6.45) is 0.761. The summed E-state index contributed by atoms with van der Waals surface area (Å²) >= 11 is 1.33. The minimum Gasteiger partial charge on any atom is -0.321 e. The molecule has 6 nitrogen and oxygen atoms in total.